The maximum atomic E-state index is 2.24. The van der Waals surface area contributed by atoms with Crippen LogP contribution < -0.4 is 0 Å². The summed E-state index contributed by atoms with van der Waals surface area (Å²) in [5, 5.41) is 0. The summed E-state index contributed by atoms with van der Waals surface area (Å²) < 4.78 is 0. The van der Waals surface area contributed by atoms with Crippen molar-refractivity contribution >= 4 is 11.8 Å². The number of thioether (sulfide) groups is 1. The first-order chi connectivity index (χ1) is 8.34. The van der Waals surface area contributed by atoms with Crippen molar-refractivity contribution in [3.05, 3.63) is 71.3 Å². The smallest absolute Gasteiger partial charge is 0.0187 e. The summed E-state index contributed by atoms with van der Waals surface area (Å²) in [5.41, 5.74) is 4.26. The molecule has 0 amide bonds. The van der Waals surface area contributed by atoms with Crippen LogP contribution in [0.2, 0.25) is 0 Å². The van der Waals surface area contributed by atoms with Crippen LogP contribution in [0.5, 0.6) is 0 Å². The van der Waals surface area contributed by atoms with E-state index in [9.17, 15) is 0 Å². The molecular weight excluding hydrogens is 224 g/mol. The minimum Gasteiger partial charge on any atom is -0.153 e. The van der Waals surface area contributed by atoms with E-state index < -0.39 is 0 Å². The molecule has 0 aromatic heterocycles. The van der Waals surface area contributed by atoms with E-state index in [4.69, 9.17) is 0 Å². The van der Waals surface area contributed by atoms with Gasteiger partial charge in [-0.05, 0) is 18.9 Å². The van der Waals surface area contributed by atoms with Crippen molar-refractivity contribution < 1.29 is 0 Å². The van der Waals surface area contributed by atoms with Gasteiger partial charge in [-0.15, -0.1) is 0 Å². The average molecular weight is 242 g/mol. The molecule has 0 spiro atoms. The predicted octanol–water partition coefficient (Wildman–Crippen LogP) is 4.67. The standard InChI is InChI=1S/C16H18S/c1-14-8-10-16(11-9-14)13-17-12-15-6-4-2-3-5-7-15/h2-6,8-11H,7,12-13H2,1H3. The Kier molecular flexibility index (Phi) is 4.69. The van der Waals surface area contributed by atoms with Crippen LogP contribution in [0.1, 0.15) is 17.5 Å². The minimum atomic E-state index is 1.09. The molecule has 1 aliphatic rings. The topological polar surface area (TPSA) is 0 Å². The van der Waals surface area contributed by atoms with Gasteiger partial charge < -0.3 is 0 Å². The molecule has 2 rings (SSSR count). The summed E-state index contributed by atoms with van der Waals surface area (Å²) in [5.74, 6) is 2.23. The molecule has 1 aliphatic carbocycles. The molecule has 0 N–H and O–H groups in total. The molecule has 0 fully saturated rings. The highest BCUT2D eigenvalue weighted by Crippen LogP contribution is 2.18. The van der Waals surface area contributed by atoms with E-state index in [-0.39, 0.29) is 0 Å². The van der Waals surface area contributed by atoms with Crippen molar-refractivity contribution in [2.75, 3.05) is 5.75 Å². The second-order valence-corrected chi connectivity index (χ2v) is 5.31. The van der Waals surface area contributed by atoms with Gasteiger partial charge in [-0.1, -0.05) is 65.8 Å². The SMILES string of the molecule is Cc1ccc(CSCC2=CC=CC=CC2)cc1. The van der Waals surface area contributed by atoms with Crippen LogP contribution in [0.15, 0.2) is 60.2 Å². The molecule has 0 heterocycles. The fourth-order valence-corrected chi connectivity index (χ4v) is 2.72. The largest absolute Gasteiger partial charge is 0.153 e. The van der Waals surface area contributed by atoms with E-state index in [1.807, 2.05) is 11.8 Å². The molecule has 0 bridgehead atoms. The van der Waals surface area contributed by atoms with E-state index in [1.54, 1.807) is 0 Å². The number of rotatable bonds is 4. The predicted molar refractivity (Wildman–Crippen MR) is 78.3 cm³/mol. The molecule has 0 atom stereocenters. The highest BCUT2D eigenvalue weighted by Gasteiger charge is 1.98. The number of hydrogen-bond acceptors (Lipinski definition) is 1. The van der Waals surface area contributed by atoms with Gasteiger partial charge in [-0.3, -0.25) is 0 Å². The number of aryl methyl sites for hydroxylation is 1. The third-order valence-corrected chi connectivity index (χ3v) is 3.86. The maximum absolute atomic E-state index is 2.24. The Morgan fingerprint density at radius 1 is 1.00 bits per heavy atom. The molecule has 1 aromatic rings. The van der Waals surface area contributed by atoms with Gasteiger partial charge in [-0.2, -0.15) is 11.8 Å². The fraction of sp³-hybridized carbons (Fsp3) is 0.250. The second kappa shape index (κ2) is 6.51. The normalized spacial score (nSPS) is 14.5. The van der Waals surface area contributed by atoms with Gasteiger partial charge >= 0.3 is 0 Å². The van der Waals surface area contributed by atoms with E-state index in [0.717, 1.165) is 17.9 Å². The molecule has 88 valence electrons. The Balaban J connectivity index is 1.79. The van der Waals surface area contributed by atoms with Crippen molar-refractivity contribution in [1.82, 2.24) is 0 Å². The van der Waals surface area contributed by atoms with Gasteiger partial charge in [0.1, 0.15) is 0 Å². The Morgan fingerprint density at radius 2 is 1.82 bits per heavy atom. The molecule has 0 nitrogen and oxygen atoms in total. The third kappa shape index (κ3) is 4.27. The highest BCUT2D eigenvalue weighted by atomic mass is 32.2. The van der Waals surface area contributed by atoms with E-state index in [0.29, 0.717) is 0 Å². The van der Waals surface area contributed by atoms with Crippen molar-refractivity contribution in [3.8, 4) is 0 Å². The van der Waals surface area contributed by atoms with Crippen LogP contribution in [-0.4, -0.2) is 5.75 Å². The Labute approximate surface area is 108 Å². The minimum absolute atomic E-state index is 1.09. The van der Waals surface area contributed by atoms with Crippen molar-refractivity contribution in [2.45, 2.75) is 19.1 Å². The second-order valence-electron chi connectivity index (χ2n) is 4.32. The summed E-state index contributed by atoms with van der Waals surface area (Å²) in [7, 11) is 0. The molecule has 0 saturated carbocycles. The van der Waals surface area contributed by atoms with Crippen LogP contribution in [-0.2, 0) is 5.75 Å². The number of benzene rings is 1. The molecule has 0 aliphatic heterocycles. The molecular formula is C16H18S. The quantitative estimate of drug-likeness (QED) is 0.739. The van der Waals surface area contributed by atoms with Gasteiger partial charge in [0.05, 0.1) is 0 Å². The lowest BCUT2D eigenvalue weighted by atomic mass is 10.2. The van der Waals surface area contributed by atoms with Gasteiger partial charge in [0.25, 0.3) is 0 Å². The lowest BCUT2D eigenvalue weighted by Gasteiger charge is -2.04. The van der Waals surface area contributed by atoms with E-state index in [1.165, 1.54) is 16.7 Å². The molecule has 0 radical (unpaired) electrons. The monoisotopic (exact) mass is 242 g/mol. The van der Waals surface area contributed by atoms with Gasteiger partial charge in [0.15, 0.2) is 0 Å². The van der Waals surface area contributed by atoms with Crippen LogP contribution in [0.25, 0.3) is 0 Å². The zero-order chi connectivity index (χ0) is 11.9. The van der Waals surface area contributed by atoms with Crippen LogP contribution >= 0.6 is 11.8 Å². The molecule has 0 unspecified atom stereocenters. The number of allylic oxidation sites excluding steroid dienone is 5. The third-order valence-electron chi connectivity index (χ3n) is 2.75. The molecule has 0 saturated heterocycles. The summed E-state index contributed by atoms with van der Waals surface area (Å²) in [6, 6.07) is 8.83. The zero-order valence-electron chi connectivity index (χ0n) is 10.2. The zero-order valence-corrected chi connectivity index (χ0v) is 11.0. The van der Waals surface area contributed by atoms with Crippen LogP contribution in [0.3, 0.4) is 0 Å². The first kappa shape index (κ1) is 12.3. The maximum Gasteiger partial charge on any atom is 0.0187 e. The fourth-order valence-electron chi connectivity index (χ4n) is 1.71. The Hall–Kier alpha value is -1.21. The highest BCUT2D eigenvalue weighted by molar-refractivity contribution is 7.98. The van der Waals surface area contributed by atoms with Crippen molar-refractivity contribution in [1.29, 1.82) is 0 Å². The number of hydrogen-bond donors (Lipinski definition) is 0. The summed E-state index contributed by atoms with van der Waals surface area (Å²) in [6.07, 6.45) is 11.9. The summed E-state index contributed by atoms with van der Waals surface area (Å²) in [4.78, 5) is 0. The van der Waals surface area contributed by atoms with Gasteiger partial charge in [0, 0.05) is 11.5 Å². The lowest BCUT2D eigenvalue weighted by Crippen LogP contribution is -1.88. The Bertz CT molecular complexity index is 435. The van der Waals surface area contributed by atoms with E-state index in [2.05, 4.69) is 61.6 Å². The Morgan fingerprint density at radius 3 is 2.65 bits per heavy atom. The van der Waals surface area contributed by atoms with E-state index >= 15 is 0 Å². The molecule has 17 heavy (non-hydrogen) atoms. The molecule has 1 aromatic carbocycles. The van der Waals surface area contributed by atoms with Crippen molar-refractivity contribution in [3.63, 3.8) is 0 Å². The van der Waals surface area contributed by atoms with Crippen LogP contribution in [0, 0.1) is 6.92 Å². The average Bonchev–Trinajstić information content (AvgIpc) is 2.60. The van der Waals surface area contributed by atoms with Crippen LogP contribution in [0.4, 0.5) is 0 Å². The first-order valence-electron chi connectivity index (χ1n) is 5.99. The molecule has 1 heteroatoms. The summed E-state index contributed by atoms with van der Waals surface area (Å²) >= 11 is 1.99. The van der Waals surface area contributed by atoms with Gasteiger partial charge in [0.2, 0.25) is 0 Å². The summed E-state index contributed by atoms with van der Waals surface area (Å²) in [6.45, 7) is 2.13. The van der Waals surface area contributed by atoms with Crippen molar-refractivity contribution in [2.24, 2.45) is 0 Å². The van der Waals surface area contributed by atoms with Gasteiger partial charge in [-0.25, -0.2) is 0 Å². The lowest BCUT2D eigenvalue weighted by molar-refractivity contribution is 1.22. The first-order valence-corrected chi connectivity index (χ1v) is 7.14.